The minimum atomic E-state index is -1.02. The third-order valence-electron chi connectivity index (χ3n) is 2.54. The number of rotatable bonds is 5. The third kappa shape index (κ3) is 4.98. The van der Waals surface area contributed by atoms with E-state index in [4.69, 9.17) is 5.11 Å². The predicted octanol–water partition coefficient (Wildman–Crippen LogP) is -0.0723. The first-order valence-electron chi connectivity index (χ1n) is 6.03. The SMILES string of the molecule is CC(C)CNC(=O)CNC(=O)N1CSC[C@H]1C(=O)O. The fraction of sp³-hybridized carbons (Fsp3) is 0.727. The largest absolute Gasteiger partial charge is 0.480 e. The Morgan fingerprint density at radius 2 is 2.05 bits per heavy atom. The number of carboxylic acid groups (broad SMARTS) is 1. The smallest absolute Gasteiger partial charge is 0.327 e. The average molecular weight is 289 g/mol. The molecule has 19 heavy (non-hydrogen) atoms. The summed E-state index contributed by atoms with van der Waals surface area (Å²) < 4.78 is 0. The molecule has 1 aliphatic heterocycles. The van der Waals surface area contributed by atoms with Crippen LogP contribution in [0.15, 0.2) is 0 Å². The van der Waals surface area contributed by atoms with E-state index in [2.05, 4.69) is 10.6 Å². The summed E-state index contributed by atoms with van der Waals surface area (Å²) in [7, 11) is 0. The van der Waals surface area contributed by atoms with Gasteiger partial charge in [0.05, 0.1) is 12.4 Å². The third-order valence-corrected chi connectivity index (χ3v) is 3.55. The Bertz CT molecular complexity index is 362. The summed E-state index contributed by atoms with van der Waals surface area (Å²) in [5.41, 5.74) is 0. The zero-order valence-electron chi connectivity index (χ0n) is 11.0. The van der Waals surface area contributed by atoms with Gasteiger partial charge in [-0.05, 0) is 5.92 Å². The van der Waals surface area contributed by atoms with Gasteiger partial charge >= 0.3 is 12.0 Å². The minimum Gasteiger partial charge on any atom is -0.480 e. The van der Waals surface area contributed by atoms with Gasteiger partial charge in [-0.15, -0.1) is 11.8 Å². The van der Waals surface area contributed by atoms with Crippen LogP contribution in [0.3, 0.4) is 0 Å². The first-order chi connectivity index (χ1) is 8.91. The van der Waals surface area contributed by atoms with E-state index in [-0.39, 0.29) is 12.5 Å². The summed E-state index contributed by atoms with van der Waals surface area (Å²) in [5, 5.41) is 14.0. The molecule has 7 nitrogen and oxygen atoms in total. The number of carbonyl (C=O) groups excluding carboxylic acids is 2. The maximum atomic E-state index is 11.8. The fourth-order valence-corrected chi connectivity index (χ4v) is 2.63. The van der Waals surface area contributed by atoms with E-state index in [0.717, 1.165) is 0 Å². The maximum absolute atomic E-state index is 11.8. The van der Waals surface area contributed by atoms with Crippen molar-refractivity contribution in [2.75, 3.05) is 24.7 Å². The molecule has 1 aliphatic rings. The molecule has 8 heteroatoms. The van der Waals surface area contributed by atoms with Crippen LogP contribution in [-0.2, 0) is 9.59 Å². The summed E-state index contributed by atoms with van der Waals surface area (Å²) in [4.78, 5) is 35.3. The van der Waals surface area contributed by atoms with Crippen molar-refractivity contribution < 1.29 is 19.5 Å². The maximum Gasteiger partial charge on any atom is 0.327 e. The molecule has 1 fully saturated rings. The number of urea groups is 1. The second kappa shape index (κ2) is 7.22. The van der Waals surface area contributed by atoms with Crippen LogP contribution in [0.25, 0.3) is 0 Å². The van der Waals surface area contributed by atoms with Crippen molar-refractivity contribution in [1.82, 2.24) is 15.5 Å². The normalized spacial score (nSPS) is 18.5. The van der Waals surface area contributed by atoms with E-state index in [0.29, 0.717) is 24.1 Å². The lowest BCUT2D eigenvalue weighted by Gasteiger charge is -2.20. The molecule has 0 aromatic rings. The molecule has 1 atom stereocenters. The number of thioether (sulfide) groups is 1. The van der Waals surface area contributed by atoms with E-state index in [9.17, 15) is 14.4 Å². The van der Waals surface area contributed by atoms with Crippen LogP contribution >= 0.6 is 11.8 Å². The number of carboxylic acids is 1. The highest BCUT2D eigenvalue weighted by Gasteiger charge is 2.34. The monoisotopic (exact) mass is 289 g/mol. The minimum absolute atomic E-state index is 0.140. The highest BCUT2D eigenvalue weighted by Crippen LogP contribution is 2.20. The van der Waals surface area contributed by atoms with Crippen molar-refractivity contribution in [3.05, 3.63) is 0 Å². The van der Waals surface area contributed by atoms with Gasteiger partial charge in [0.1, 0.15) is 6.04 Å². The fourth-order valence-electron chi connectivity index (χ4n) is 1.49. The molecule has 1 saturated heterocycles. The van der Waals surface area contributed by atoms with Gasteiger partial charge in [-0.25, -0.2) is 9.59 Å². The number of aliphatic carboxylic acids is 1. The van der Waals surface area contributed by atoms with Crippen LogP contribution in [0.2, 0.25) is 0 Å². The first kappa shape index (κ1) is 15.6. The molecule has 1 heterocycles. The number of nitrogens with one attached hydrogen (secondary N) is 2. The number of nitrogens with zero attached hydrogens (tertiary/aromatic N) is 1. The molecule has 0 aromatic carbocycles. The lowest BCUT2D eigenvalue weighted by molar-refractivity contribution is -0.140. The molecule has 0 aliphatic carbocycles. The van der Waals surface area contributed by atoms with Crippen LogP contribution in [0.5, 0.6) is 0 Å². The predicted molar refractivity (Wildman–Crippen MR) is 71.8 cm³/mol. The average Bonchev–Trinajstić information content (AvgIpc) is 2.82. The van der Waals surface area contributed by atoms with Crippen molar-refractivity contribution in [2.24, 2.45) is 5.92 Å². The van der Waals surface area contributed by atoms with Gasteiger partial charge in [0.2, 0.25) is 5.91 Å². The molecular formula is C11H19N3O4S. The molecule has 3 N–H and O–H groups in total. The van der Waals surface area contributed by atoms with Crippen LogP contribution in [0, 0.1) is 5.92 Å². The Morgan fingerprint density at radius 3 is 2.63 bits per heavy atom. The number of hydrogen-bond acceptors (Lipinski definition) is 4. The van der Waals surface area contributed by atoms with Crippen molar-refractivity contribution >= 4 is 29.7 Å². The van der Waals surface area contributed by atoms with Crippen molar-refractivity contribution in [3.8, 4) is 0 Å². The summed E-state index contributed by atoms with van der Waals surface area (Å²) in [6.07, 6.45) is 0. The molecule has 1 rings (SSSR count). The Labute approximate surface area is 116 Å². The lowest BCUT2D eigenvalue weighted by Crippen LogP contribution is -2.49. The lowest BCUT2D eigenvalue weighted by atomic mass is 10.2. The van der Waals surface area contributed by atoms with E-state index in [1.807, 2.05) is 13.8 Å². The zero-order chi connectivity index (χ0) is 14.4. The van der Waals surface area contributed by atoms with Gasteiger partial charge in [-0.2, -0.15) is 0 Å². The Balaban J connectivity index is 2.34. The molecule has 0 unspecified atom stereocenters. The van der Waals surface area contributed by atoms with Gasteiger partial charge in [0.25, 0.3) is 0 Å². The van der Waals surface area contributed by atoms with Crippen molar-refractivity contribution in [1.29, 1.82) is 0 Å². The molecule has 3 amide bonds. The van der Waals surface area contributed by atoms with Crippen LogP contribution in [-0.4, -0.2) is 58.7 Å². The van der Waals surface area contributed by atoms with E-state index >= 15 is 0 Å². The number of amides is 3. The van der Waals surface area contributed by atoms with Crippen molar-refractivity contribution in [3.63, 3.8) is 0 Å². The van der Waals surface area contributed by atoms with Gasteiger partial charge < -0.3 is 20.6 Å². The molecule has 0 radical (unpaired) electrons. The molecule has 0 spiro atoms. The first-order valence-corrected chi connectivity index (χ1v) is 7.19. The highest BCUT2D eigenvalue weighted by atomic mass is 32.2. The molecular weight excluding hydrogens is 270 g/mol. The van der Waals surface area contributed by atoms with Gasteiger partial charge in [0, 0.05) is 12.3 Å². The van der Waals surface area contributed by atoms with Gasteiger partial charge in [-0.1, -0.05) is 13.8 Å². The summed E-state index contributed by atoms with van der Waals surface area (Å²) >= 11 is 1.38. The molecule has 0 bridgehead atoms. The topological polar surface area (TPSA) is 98.7 Å². The van der Waals surface area contributed by atoms with Gasteiger partial charge in [-0.3, -0.25) is 4.79 Å². The Kier molecular flexibility index (Phi) is 5.94. The van der Waals surface area contributed by atoms with Crippen LogP contribution in [0.1, 0.15) is 13.8 Å². The molecule has 108 valence electrons. The number of carbonyl (C=O) groups is 3. The summed E-state index contributed by atoms with van der Waals surface area (Å²) in [5.74, 6) is -0.255. The van der Waals surface area contributed by atoms with Crippen molar-refractivity contribution in [2.45, 2.75) is 19.9 Å². The standard InChI is InChI=1S/C11H19N3O4S/c1-7(2)3-12-9(15)4-13-11(18)14-6-19-5-8(14)10(16)17/h7-8H,3-6H2,1-2H3,(H,12,15)(H,13,18)(H,16,17)/t8-/m0/s1. The second-order valence-electron chi connectivity index (χ2n) is 4.68. The Hall–Kier alpha value is -1.44. The number of hydrogen-bond donors (Lipinski definition) is 3. The zero-order valence-corrected chi connectivity index (χ0v) is 11.8. The van der Waals surface area contributed by atoms with E-state index in [1.165, 1.54) is 16.7 Å². The highest BCUT2D eigenvalue weighted by molar-refractivity contribution is 7.99. The summed E-state index contributed by atoms with van der Waals surface area (Å²) in [6.45, 7) is 4.35. The molecule has 0 aromatic heterocycles. The van der Waals surface area contributed by atoms with Gasteiger partial charge in [0.15, 0.2) is 0 Å². The Morgan fingerprint density at radius 1 is 1.37 bits per heavy atom. The van der Waals surface area contributed by atoms with E-state index in [1.54, 1.807) is 0 Å². The van der Waals surface area contributed by atoms with E-state index < -0.39 is 18.0 Å². The molecule has 0 saturated carbocycles. The summed E-state index contributed by atoms with van der Waals surface area (Å²) in [6, 6.07) is -1.33. The van der Waals surface area contributed by atoms with Crippen LogP contribution in [0.4, 0.5) is 4.79 Å². The van der Waals surface area contributed by atoms with Crippen LogP contribution < -0.4 is 10.6 Å². The quantitative estimate of drug-likeness (QED) is 0.658. The second-order valence-corrected chi connectivity index (χ2v) is 5.68.